The molecule has 20 atom stereocenters. The van der Waals surface area contributed by atoms with Crippen LogP contribution in [0.5, 0.6) is 0 Å². The summed E-state index contributed by atoms with van der Waals surface area (Å²) in [4.78, 5) is 0. The van der Waals surface area contributed by atoms with Crippen LogP contribution in [0.15, 0.2) is 0 Å². The molecule has 0 amide bonds. The molecule has 13 N–H and O–H groups in total. The summed E-state index contributed by atoms with van der Waals surface area (Å²) in [6.07, 6.45) is -35.0. The van der Waals surface area contributed by atoms with E-state index in [0.717, 1.165) is 0 Å². The van der Waals surface area contributed by atoms with E-state index in [1.807, 2.05) is 0 Å². The van der Waals surface area contributed by atoms with Crippen molar-refractivity contribution in [2.45, 2.75) is 130 Å². The number of aliphatic hydroxyl groups excluding tert-OH is 13. The highest BCUT2D eigenvalue weighted by Gasteiger charge is 2.55. The Balaban J connectivity index is 1.62. The van der Waals surface area contributed by atoms with Gasteiger partial charge in [-0.1, -0.05) is 0 Å². The van der Waals surface area contributed by atoms with Crippen molar-refractivity contribution in [1.82, 2.24) is 0 Å². The highest BCUT2D eigenvalue weighted by molar-refractivity contribution is 4.97. The van der Waals surface area contributed by atoms with Crippen LogP contribution in [0.3, 0.4) is 0 Å². The van der Waals surface area contributed by atoms with Gasteiger partial charge in [0, 0.05) is 0 Å². The normalized spacial score (nSPS) is 53.9. The molecule has 0 saturated carbocycles. The number of ether oxygens (including phenoxy) is 7. The maximum absolute atomic E-state index is 11.0. The Kier molecular flexibility index (Phi) is 12.3. The minimum Gasteiger partial charge on any atom is -0.394 e. The fraction of sp³-hybridized carbons (Fsp3) is 1.00. The molecule has 4 heterocycles. The summed E-state index contributed by atoms with van der Waals surface area (Å²) < 4.78 is 38.4. The number of hydrogen-bond donors (Lipinski definition) is 13. The van der Waals surface area contributed by atoms with Crippen molar-refractivity contribution in [2.75, 3.05) is 19.8 Å². The second-order valence-corrected chi connectivity index (χ2v) is 11.1. The average molecular weight is 651 g/mol. The Bertz CT molecular complexity index is 902. The Morgan fingerprint density at radius 1 is 0.409 bits per heavy atom. The lowest BCUT2D eigenvalue weighted by Crippen LogP contribution is -2.68. The molecule has 0 aromatic heterocycles. The van der Waals surface area contributed by atoms with E-state index < -0.39 is 143 Å². The van der Waals surface area contributed by atoms with Crippen molar-refractivity contribution in [2.24, 2.45) is 0 Å². The van der Waals surface area contributed by atoms with E-state index in [2.05, 4.69) is 0 Å². The summed E-state index contributed by atoms with van der Waals surface area (Å²) in [5, 5.41) is 133. The van der Waals surface area contributed by atoms with Crippen LogP contribution >= 0.6 is 0 Å². The second-order valence-electron chi connectivity index (χ2n) is 11.1. The van der Waals surface area contributed by atoms with Gasteiger partial charge in [-0.15, -0.1) is 0 Å². The molecule has 0 spiro atoms. The maximum atomic E-state index is 11.0. The van der Waals surface area contributed by atoms with E-state index in [1.54, 1.807) is 0 Å². The molecular weight excluding hydrogens is 608 g/mol. The molecule has 4 rings (SSSR count). The molecule has 20 nitrogen and oxygen atoms in total. The quantitative estimate of drug-likeness (QED) is 0.110. The van der Waals surface area contributed by atoms with Crippen LogP contribution in [0.1, 0.15) is 6.92 Å². The standard InChI is InChI=1S/C24H42O20/c1-5-9(28)13(32)16(35)22(38-5)43-19-14(33)10(29)7(3-26)41-24(19)44-20-15(34)11(30)6(2-25)40-23(20)42-18-12(31)8(4-27)39-21(37)17(18)36/h5-37H,2-4H2,1H3/t5-,6+,7+,8+,9-,10+,11+,12-,13+,14-,15-,16+,17+,18-,19-,20-,21?,22-,23+,24+/m0/s1. The Morgan fingerprint density at radius 3 is 1.32 bits per heavy atom. The van der Waals surface area contributed by atoms with Gasteiger partial charge in [0.15, 0.2) is 25.2 Å². The van der Waals surface area contributed by atoms with Crippen LogP contribution in [0, 0.1) is 0 Å². The van der Waals surface area contributed by atoms with Gasteiger partial charge in [0.25, 0.3) is 0 Å². The van der Waals surface area contributed by atoms with Crippen molar-refractivity contribution in [3.8, 4) is 0 Å². The molecule has 0 radical (unpaired) electrons. The van der Waals surface area contributed by atoms with Crippen molar-refractivity contribution in [3.05, 3.63) is 0 Å². The van der Waals surface area contributed by atoms with Gasteiger partial charge < -0.3 is 99.5 Å². The second kappa shape index (κ2) is 15.0. The molecule has 258 valence electrons. The van der Waals surface area contributed by atoms with Crippen LogP contribution in [0.4, 0.5) is 0 Å². The van der Waals surface area contributed by atoms with Crippen LogP contribution in [-0.2, 0) is 33.2 Å². The lowest BCUT2D eigenvalue weighted by molar-refractivity contribution is -0.402. The molecule has 0 aromatic carbocycles. The third-order valence-electron chi connectivity index (χ3n) is 8.17. The Morgan fingerprint density at radius 2 is 0.841 bits per heavy atom. The first-order valence-electron chi connectivity index (χ1n) is 14.0. The maximum Gasteiger partial charge on any atom is 0.187 e. The van der Waals surface area contributed by atoms with Gasteiger partial charge in [-0.25, -0.2) is 0 Å². The largest absolute Gasteiger partial charge is 0.394 e. The SMILES string of the molecule is C[C@@H]1O[C@@H](O[C@@H]2[C@@H](O[C@@H]3[C@@H](O[C@H]4[C@@H](O)[C@@H](CO)OC(O)[C@@H]4O)O[C@H](CO)[C@@H](O)[C@@H]3O)O[C@H](CO)[C@@H](O)[C@@H]2O)[C@H](O)[C@H](O)[C@H]1O. The lowest BCUT2D eigenvalue weighted by atomic mass is 9.96. The van der Waals surface area contributed by atoms with Crippen LogP contribution in [0.25, 0.3) is 0 Å². The van der Waals surface area contributed by atoms with Crippen molar-refractivity contribution < 1.29 is 99.5 Å². The Hall–Kier alpha value is -0.800. The fourth-order valence-corrected chi connectivity index (χ4v) is 5.44. The summed E-state index contributed by atoms with van der Waals surface area (Å²) in [6, 6.07) is 0. The predicted molar refractivity (Wildman–Crippen MR) is 132 cm³/mol. The van der Waals surface area contributed by atoms with E-state index in [0.29, 0.717) is 0 Å². The average Bonchev–Trinajstić information content (AvgIpc) is 3.00. The van der Waals surface area contributed by atoms with Gasteiger partial charge in [0.05, 0.1) is 25.9 Å². The van der Waals surface area contributed by atoms with E-state index in [-0.39, 0.29) is 0 Å². The van der Waals surface area contributed by atoms with Gasteiger partial charge in [0.1, 0.15) is 91.6 Å². The highest BCUT2D eigenvalue weighted by Crippen LogP contribution is 2.34. The zero-order chi connectivity index (χ0) is 32.6. The van der Waals surface area contributed by atoms with E-state index in [9.17, 15) is 66.4 Å². The molecule has 0 bridgehead atoms. The fourth-order valence-electron chi connectivity index (χ4n) is 5.44. The van der Waals surface area contributed by atoms with E-state index >= 15 is 0 Å². The third-order valence-corrected chi connectivity index (χ3v) is 8.17. The molecule has 4 saturated heterocycles. The van der Waals surface area contributed by atoms with Crippen molar-refractivity contribution in [3.63, 3.8) is 0 Å². The number of aliphatic hydroxyl groups is 13. The zero-order valence-corrected chi connectivity index (χ0v) is 23.3. The number of hydrogen-bond acceptors (Lipinski definition) is 20. The minimum absolute atomic E-state index is 0.812. The highest BCUT2D eigenvalue weighted by atomic mass is 16.8. The zero-order valence-electron chi connectivity index (χ0n) is 23.3. The summed E-state index contributed by atoms with van der Waals surface area (Å²) >= 11 is 0. The topological polar surface area (TPSA) is 328 Å². The van der Waals surface area contributed by atoms with Gasteiger partial charge in [-0.2, -0.15) is 0 Å². The summed E-state index contributed by atoms with van der Waals surface area (Å²) in [5.74, 6) is 0. The lowest BCUT2D eigenvalue weighted by Gasteiger charge is -2.49. The summed E-state index contributed by atoms with van der Waals surface area (Å²) in [5.41, 5.74) is 0. The predicted octanol–water partition coefficient (Wildman–Crippen LogP) is -8.72. The minimum atomic E-state index is -1.99. The molecule has 4 fully saturated rings. The van der Waals surface area contributed by atoms with E-state index in [4.69, 9.17) is 33.2 Å². The van der Waals surface area contributed by atoms with Gasteiger partial charge in [-0.3, -0.25) is 0 Å². The van der Waals surface area contributed by atoms with Gasteiger partial charge >= 0.3 is 0 Å². The van der Waals surface area contributed by atoms with Crippen LogP contribution in [-0.4, -0.2) is 209 Å². The van der Waals surface area contributed by atoms with Gasteiger partial charge in [0.2, 0.25) is 0 Å². The molecular formula is C24H42O20. The first kappa shape index (κ1) is 36.0. The molecule has 1 unspecified atom stereocenters. The molecule has 0 aliphatic carbocycles. The molecule has 4 aliphatic rings. The summed E-state index contributed by atoms with van der Waals surface area (Å²) in [7, 11) is 0. The third kappa shape index (κ3) is 7.05. The number of rotatable bonds is 9. The molecule has 20 heteroatoms. The Labute approximate surface area is 249 Å². The first-order chi connectivity index (χ1) is 20.7. The van der Waals surface area contributed by atoms with Crippen LogP contribution < -0.4 is 0 Å². The smallest absolute Gasteiger partial charge is 0.187 e. The van der Waals surface area contributed by atoms with Crippen LogP contribution in [0.2, 0.25) is 0 Å². The van der Waals surface area contributed by atoms with E-state index in [1.165, 1.54) is 6.92 Å². The molecule has 0 aromatic rings. The van der Waals surface area contributed by atoms with Crippen molar-refractivity contribution >= 4 is 0 Å². The molecule has 4 aliphatic heterocycles. The molecule has 44 heavy (non-hydrogen) atoms. The monoisotopic (exact) mass is 650 g/mol. The summed E-state index contributed by atoms with van der Waals surface area (Å²) in [6.45, 7) is -1.19. The van der Waals surface area contributed by atoms with Gasteiger partial charge in [-0.05, 0) is 6.92 Å². The van der Waals surface area contributed by atoms with Crippen molar-refractivity contribution in [1.29, 1.82) is 0 Å². The first-order valence-corrected chi connectivity index (χ1v) is 14.0.